The van der Waals surface area contributed by atoms with Gasteiger partial charge in [-0.1, -0.05) is 29.9 Å². The van der Waals surface area contributed by atoms with Crippen molar-refractivity contribution >= 4 is 40.5 Å². The molecular weight excluding hydrogens is 596 g/mol. The maximum absolute atomic E-state index is 13.3. The molecule has 3 amide bonds. The first-order valence-electron chi connectivity index (χ1n) is 15.3. The molecule has 47 heavy (non-hydrogen) atoms. The van der Waals surface area contributed by atoms with Gasteiger partial charge in [0.25, 0.3) is 11.8 Å². The molecule has 0 radical (unpaired) electrons. The Bertz CT molecular complexity index is 1750. The van der Waals surface area contributed by atoms with E-state index in [1.807, 2.05) is 51.1 Å². The largest absolute Gasteiger partial charge is 0.494 e. The van der Waals surface area contributed by atoms with Gasteiger partial charge in [-0.2, -0.15) is 5.26 Å². The predicted octanol–water partition coefficient (Wildman–Crippen LogP) is 4.63. The van der Waals surface area contributed by atoms with Gasteiger partial charge in [-0.05, 0) is 69.1 Å². The van der Waals surface area contributed by atoms with Gasteiger partial charge < -0.3 is 30.9 Å². The SMILES string of the molecule is C/C=C(\C=C(\C#N)C=C(C)C)CN(C)C(=O)C1=CC=C(c2cccc(Nc3cc(NC(=O)C4CC4)nnc3C(=O)NC)c2OC)CN1. The molecule has 1 aromatic carbocycles. The van der Waals surface area contributed by atoms with Crippen LogP contribution in [-0.4, -0.2) is 67.1 Å². The minimum Gasteiger partial charge on any atom is -0.494 e. The van der Waals surface area contributed by atoms with Crippen molar-refractivity contribution in [3.05, 3.63) is 88.3 Å². The Kier molecular flexibility index (Phi) is 11.3. The van der Waals surface area contributed by atoms with E-state index in [0.717, 1.165) is 35.1 Å². The standard InChI is InChI=1S/C35H40N8O4/c1-7-22(16-23(18-36)15-21(2)3)20-43(5)35(46)28-14-13-25(19-38-28)26-9-8-10-27(32(26)47-6)39-29-17-30(40-33(44)24-11-12-24)41-42-31(29)34(45)37-4/h7-10,13-17,24,38H,11-12,19-20H2,1-6H3,(H,37,45)(H2,39,40,41,44)/b22-7+,23-16+. The molecule has 12 heteroatoms. The first-order valence-corrected chi connectivity index (χ1v) is 15.3. The zero-order valence-corrected chi connectivity index (χ0v) is 27.5. The van der Waals surface area contributed by atoms with Crippen LogP contribution in [0, 0.1) is 17.2 Å². The molecule has 1 aliphatic heterocycles. The molecule has 244 valence electrons. The van der Waals surface area contributed by atoms with Gasteiger partial charge in [0, 0.05) is 44.7 Å². The van der Waals surface area contributed by atoms with Gasteiger partial charge in [-0.3, -0.25) is 14.4 Å². The van der Waals surface area contributed by atoms with Crippen molar-refractivity contribution in [2.45, 2.75) is 33.6 Å². The van der Waals surface area contributed by atoms with Crippen LogP contribution in [0.25, 0.3) is 5.57 Å². The first-order chi connectivity index (χ1) is 22.6. The number of carbonyl (C=O) groups is 3. The zero-order valence-electron chi connectivity index (χ0n) is 27.5. The molecule has 1 aliphatic carbocycles. The van der Waals surface area contributed by atoms with E-state index < -0.39 is 5.91 Å². The van der Waals surface area contributed by atoms with Gasteiger partial charge >= 0.3 is 0 Å². The molecule has 1 saturated carbocycles. The molecule has 1 aromatic heterocycles. The highest BCUT2D eigenvalue weighted by molar-refractivity contribution is 6.00. The lowest BCUT2D eigenvalue weighted by Crippen LogP contribution is -2.36. The summed E-state index contributed by atoms with van der Waals surface area (Å²) in [4.78, 5) is 39.8. The van der Waals surface area contributed by atoms with Crippen LogP contribution in [0.5, 0.6) is 5.75 Å². The first kappa shape index (κ1) is 34.2. The fourth-order valence-corrected chi connectivity index (χ4v) is 4.87. The third-order valence-corrected chi connectivity index (χ3v) is 7.47. The highest BCUT2D eigenvalue weighted by Gasteiger charge is 2.30. The number of amides is 3. The van der Waals surface area contributed by atoms with E-state index in [4.69, 9.17) is 4.74 Å². The third kappa shape index (κ3) is 8.73. The van der Waals surface area contributed by atoms with Crippen LogP contribution in [0.2, 0.25) is 0 Å². The van der Waals surface area contributed by atoms with Crippen LogP contribution in [0.1, 0.15) is 49.7 Å². The second kappa shape index (κ2) is 15.5. The van der Waals surface area contributed by atoms with Gasteiger partial charge in [0.1, 0.15) is 11.4 Å². The Balaban J connectivity index is 1.56. The number of aromatic nitrogens is 2. The number of rotatable bonds is 12. The highest BCUT2D eigenvalue weighted by Crippen LogP contribution is 2.37. The minimum absolute atomic E-state index is 0.0238. The number of carbonyl (C=O) groups excluding carboxylic acids is 3. The molecular formula is C35H40N8O4. The van der Waals surface area contributed by atoms with Crippen LogP contribution in [-0.2, 0) is 9.59 Å². The van der Waals surface area contributed by atoms with E-state index in [-0.39, 0.29) is 29.2 Å². The lowest BCUT2D eigenvalue weighted by atomic mass is 10.0. The summed E-state index contributed by atoms with van der Waals surface area (Å²) in [6.07, 6.45) is 10.8. The van der Waals surface area contributed by atoms with E-state index in [0.29, 0.717) is 41.5 Å². The summed E-state index contributed by atoms with van der Waals surface area (Å²) in [5, 5.41) is 29.4. The van der Waals surface area contributed by atoms with Crippen molar-refractivity contribution in [2.24, 2.45) is 5.92 Å². The molecule has 0 unspecified atom stereocenters. The summed E-state index contributed by atoms with van der Waals surface area (Å²) in [5.74, 6) is -0.0412. The molecule has 0 atom stereocenters. The van der Waals surface area contributed by atoms with Crippen LogP contribution in [0.4, 0.5) is 17.2 Å². The van der Waals surface area contributed by atoms with E-state index in [1.54, 1.807) is 43.3 Å². The predicted molar refractivity (Wildman–Crippen MR) is 182 cm³/mol. The van der Waals surface area contributed by atoms with Gasteiger partial charge in [0.05, 0.1) is 30.1 Å². The Labute approximate surface area is 275 Å². The fraction of sp³-hybridized carbons (Fsp3) is 0.314. The van der Waals surface area contributed by atoms with Crippen molar-refractivity contribution < 1.29 is 19.1 Å². The second-order valence-electron chi connectivity index (χ2n) is 11.4. The summed E-state index contributed by atoms with van der Waals surface area (Å²) in [5.41, 5.74) is 5.42. The molecule has 4 rings (SSSR count). The molecule has 1 fully saturated rings. The number of nitrogens with zero attached hydrogens (tertiary/aromatic N) is 4. The average Bonchev–Trinajstić information content (AvgIpc) is 3.93. The third-order valence-electron chi connectivity index (χ3n) is 7.47. The van der Waals surface area contributed by atoms with Gasteiger partial charge in [-0.15, -0.1) is 10.2 Å². The number of likely N-dealkylation sites (N-methyl/N-ethyl adjacent to an activating group) is 1. The number of methoxy groups -OCH3 is 1. The van der Waals surface area contributed by atoms with Crippen molar-refractivity contribution in [3.8, 4) is 11.8 Å². The Morgan fingerprint density at radius 3 is 2.51 bits per heavy atom. The number of ether oxygens (including phenoxy) is 1. The maximum atomic E-state index is 13.3. The number of nitriles is 1. The fourth-order valence-electron chi connectivity index (χ4n) is 4.87. The molecule has 12 nitrogen and oxygen atoms in total. The quantitative estimate of drug-likeness (QED) is 0.192. The zero-order chi connectivity index (χ0) is 34.1. The summed E-state index contributed by atoms with van der Waals surface area (Å²) < 4.78 is 5.82. The lowest BCUT2D eigenvalue weighted by molar-refractivity contribution is -0.125. The molecule has 0 saturated heterocycles. The van der Waals surface area contributed by atoms with E-state index in [2.05, 4.69) is 37.5 Å². The van der Waals surface area contributed by atoms with Crippen LogP contribution in [0.3, 0.4) is 0 Å². The average molecular weight is 637 g/mol. The topological polar surface area (TPSA) is 161 Å². The molecule has 4 N–H and O–H groups in total. The summed E-state index contributed by atoms with van der Waals surface area (Å²) in [7, 11) is 4.77. The molecule has 0 bridgehead atoms. The number of hydrogen-bond donors (Lipinski definition) is 4. The van der Waals surface area contributed by atoms with Gasteiger partial charge in [0.15, 0.2) is 11.5 Å². The van der Waals surface area contributed by atoms with Crippen molar-refractivity contribution in [2.75, 3.05) is 44.9 Å². The normalized spacial score (nSPS) is 14.4. The second-order valence-corrected chi connectivity index (χ2v) is 11.4. The number of nitrogens with one attached hydrogen (secondary N) is 4. The number of benzene rings is 1. The number of allylic oxidation sites excluding steroid dienone is 6. The summed E-state index contributed by atoms with van der Waals surface area (Å²) in [6, 6.07) is 9.31. The molecule has 2 heterocycles. The van der Waals surface area contributed by atoms with Crippen LogP contribution < -0.4 is 26.0 Å². The highest BCUT2D eigenvalue weighted by atomic mass is 16.5. The van der Waals surface area contributed by atoms with E-state index in [1.165, 1.54) is 7.05 Å². The minimum atomic E-state index is -0.447. The lowest BCUT2D eigenvalue weighted by Gasteiger charge is -2.24. The molecule has 2 aromatic rings. The van der Waals surface area contributed by atoms with Crippen molar-refractivity contribution in [1.29, 1.82) is 5.26 Å². The van der Waals surface area contributed by atoms with Crippen LogP contribution >= 0.6 is 0 Å². The van der Waals surface area contributed by atoms with E-state index >= 15 is 0 Å². The Hall–Kier alpha value is -5.70. The number of para-hydroxylation sites is 1. The van der Waals surface area contributed by atoms with Crippen molar-refractivity contribution in [1.82, 2.24) is 25.7 Å². The number of dihydropyridines is 1. The summed E-state index contributed by atoms with van der Waals surface area (Å²) >= 11 is 0. The van der Waals surface area contributed by atoms with Gasteiger partial charge in [-0.25, -0.2) is 0 Å². The maximum Gasteiger partial charge on any atom is 0.273 e. The Morgan fingerprint density at radius 2 is 1.91 bits per heavy atom. The van der Waals surface area contributed by atoms with Gasteiger partial charge in [0.2, 0.25) is 5.91 Å². The number of hydrogen-bond acceptors (Lipinski definition) is 9. The Morgan fingerprint density at radius 1 is 1.15 bits per heavy atom. The number of anilines is 3. The monoisotopic (exact) mass is 636 g/mol. The molecule has 0 spiro atoms. The van der Waals surface area contributed by atoms with Crippen LogP contribution in [0.15, 0.2) is 77.1 Å². The van der Waals surface area contributed by atoms with E-state index in [9.17, 15) is 19.6 Å². The molecule has 2 aliphatic rings. The smallest absolute Gasteiger partial charge is 0.273 e. The van der Waals surface area contributed by atoms with Crippen molar-refractivity contribution in [3.63, 3.8) is 0 Å². The summed E-state index contributed by atoms with van der Waals surface area (Å²) in [6.45, 7) is 6.43.